The minimum atomic E-state index is -3.91. The Balaban J connectivity index is 2.04. The molecule has 0 amide bonds. The molecule has 3 aromatic rings. The van der Waals surface area contributed by atoms with E-state index >= 15 is 0 Å². The normalized spacial score (nSPS) is 12.4. The summed E-state index contributed by atoms with van der Waals surface area (Å²) in [5.74, 6) is -0.571. The van der Waals surface area contributed by atoms with Gasteiger partial charge < -0.3 is 4.74 Å². The van der Waals surface area contributed by atoms with Gasteiger partial charge in [0.2, 0.25) is 10.0 Å². The number of nitrogens with one attached hydrogen (secondary N) is 1. The highest BCUT2D eigenvalue weighted by Gasteiger charge is 2.24. The molecule has 29 heavy (non-hydrogen) atoms. The Morgan fingerprint density at radius 2 is 1.59 bits per heavy atom. The molecule has 0 spiro atoms. The number of methoxy groups -OCH3 is 1. The Morgan fingerprint density at radius 3 is 2.24 bits per heavy atom. The molecular formula is C23H23NO4S. The van der Waals surface area contributed by atoms with E-state index in [9.17, 15) is 13.2 Å². The highest BCUT2D eigenvalue weighted by molar-refractivity contribution is 7.89. The smallest absolute Gasteiger partial charge is 0.338 e. The molecule has 0 aliphatic heterocycles. The lowest BCUT2D eigenvalue weighted by molar-refractivity contribution is 0.0599. The van der Waals surface area contributed by atoms with Gasteiger partial charge in [-0.25, -0.2) is 13.2 Å². The summed E-state index contributed by atoms with van der Waals surface area (Å²) in [6, 6.07) is 21.0. The van der Waals surface area contributed by atoms with E-state index in [-0.39, 0.29) is 10.5 Å². The number of hydrogen-bond acceptors (Lipinski definition) is 4. The van der Waals surface area contributed by atoms with Crippen molar-refractivity contribution in [2.45, 2.75) is 24.8 Å². The molecule has 150 valence electrons. The van der Waals surface area contributed by atoms with Crippen molar-refractivity contribution in [2.75, 3.05) is 7.11 Å². The average molecular weight is 410 g/mol. The van der Waals surface area contributed by atoms with Gasteiger partial charge in [0.1, 0.15) is 0 Å². The van der Waals surface area contributed by atoms with Crippen LogP contribution >= 0.6 is 0 Å². The number of hydrogen-bond donors (Lipinski definition) is 1. The highest BCUT2D eigenvalue weighted by atomic mass is 32.2. The third kappa shape index (κ3) is 4.72. The maximum Gasteiger partial charge on any atom is 0.338 e. The van der Waals surface area contributed by atoms with Gasteiger partial charge in [0.15, 0.2) is 0 Å². The number of benzene rings is 3. The van der Waals surface area contributed by atoms with E-state index < -0.39 is 22.0 Å². The summed E-state index contributed by atoms with van der Waals surface area (Å²) in [5, 5.41) is 0. The molecule has 0 heterocycles. The van der Waals surface area contributed by atoms with Crippen LogP contribution in [0.15, 0.2) is 77.7 Å². The van der Waals surface area contributed by atoms with Gasteiger partial charge in [-0.3, -0.25) is 0 Å². The van der Waals surface area contributed by atoms with Crippen molar-refractivity contribution in [1.82, 2.24) is 4.72 Å². The predicted octanol–water partition coefficient (Wildman–Crippen LogP) is 4.16. The van der Waals surface area contributed by atoms with E-state index in [4.69, 9.17) is 4.74 Å². The van der Waals surface area contributed by atoms with Gasteiger partial charge in [-0.15, -0.1) is 0 Å². The minimum Gasteiger partial charge on any atom is -0.465 e. The molecule has 3 aromatic carbocycles. The Labute approximate surface area is 171 Å². The average Bonchev–Trinajstić information content (AvgIpc) is 2.72. The summed E-state index contributed by atoms with van der Waals surface area (Å²) < 4.78 is 33.9. The van der Waals surface area contributed by atoms with Crippen LogP contribution in [0.2, 0.25) is 0 Å². The maximum absolute atomic E-state index is 13.2. The van der Waals surface area contributed by atoms with Crippen LogP contribution in [0.1, 0.15) is 38.7 Å². The van der Waals surface area contributed by atoms with E-state index in [0.717, 1.165) is 16.7 Å². The van der Waals surface area contributed by atoms with Gasteiger partial charge in [0.05, 0.1) is 23.6 Å². The second kappa shape index (κ2) is 8.59. The van der Waals surface area contributed by atoms with E-state index in [1.165, 1.54) is 19.2 Å². The quantitative estimate of drug-likeness (QED) is 0.621. The van der Waals surface area contributed by atoms with Crippen molar-refractivity contribution < 1.29 is 17.9 Å². The first-order chi connectivity index (χ1) is 13.8. The summed E-state index contributed by atoms with van der Waals surface area (Å²) in [4.78, 5) is 12.0. The first kappa shape index (κ1) is 20.8. The van der Waals surface area contributed by atoms with Crippen molar-refractivity contribution >= 4 is 16.0 Å². The zero-order valence-corrected chi connectivity index (χ0v) is 17.4. The van der Waals surface area contributed by atoms with E-state index in [2.05, 4.69) is 4.72 Å². The van der Waals surface area contributed by atoms with Gasteiger partial charge in [-0.2, -0.15) is 4.72 Å². The van der Waals surface area contributed by atoms with Crippen LogP contribution in [0.25, 0.3) is 0 Å². The Bertz CT molecular complexity index is 1120. The molecule has 0 bridgehead atoms. The van der Waals surface area contributed by atoms with Crippen LogP contribution in [-0.4, -0.2) is 21.5 Å². The van der Waals surface area contributed by atoms with Crippen molar-refractivity contribution in [3.05, 3.63) is 101 Å². The van der Waals surface area contributed by atoms with Gasteiger partial charge in [0, 0.05) is 0 Å². The van der Waals surface area contributed by atoms with Crippen LogP contribution in [-0.2, 0) is 14.8 Å². The second-order valence-corrected chi connectivity index (χ2v) is 8.56. The van der Waals surface area contributed by atoms with Crippen LogP contribution in [0.5, 0.6) is 0 Å². The number of rotatable bonds is 6. The van der Waals surface area contributed by atoms with E-state index in [1.54, 1.807) is 13.0 Å². The van der Waals surface area contributed by atoms with Crippen molar-refractivity contribution in [2.24, 2.45) is 0 Å². The van der Waals surface area contributed by atoms with Gasteiger partial charge in [-0.05, 0) is 42.7 Å². The fourth-order valence-electron chi connectivity index (χ4n) is 3.15. The molecule has 1 atom stereocenters. The number of aryl methyl sites for hydroxylation is 2. The Kier molecular flexibility index (Phi) is 6.15. The lowest BCUT2D eigenvalue weighted by atomic mass is 9.98. The first-order valence-corrected chi connectivity index (χ1v) is 10.6. The van der Waals surface area contributed by atoms with Crippen LogP contribution in [0, 0.1) is 13.8 Å². The fourth-order valence-corrected chi connectivity index (χ4v) is 4.38. The number of esters is 1. The summed E-state index contributed by atoms with van der Waals surface area (Å²) in [6.45, 7) is 3.69. The third-order valence-electron chi connectivity index (χ3n) is 4.71. The molecule has 5 nitrogen and oxygen atoms in total. The molecule has 0 aromatic heterocycles. The summed E-state index contributed by atoms with van der Waals surface area (Å²) in [7, 11) is -2.64. The topological polar surface area (TPSA) is 72.5 Å². The zero-order valence-electron chi connectivity index (χ0n) is 16.5. The molecule has 0 radical (unpaired) electrons. The Morgan fingerprint density at radius 1 is 0.897 bits per heavy atom. The van der Waals surface area contributed by atoms with Crippen LogP contribution < -0.4 is 4.72 Å². The highest BCUT2D eigenvalue weighted by Crippen LogP contribution is 2.26. The predicted molar refractivity (Wildman–Crippen MR) is 112 cm³/mol. The number of ether oxygens (including phenoxy) is 1. The lowest BCUT2D eigenvalue weighted by Crippen LogP contribution is -2.29. The standard InChI is InChI=1S/C23H23NO4S/c1-16-8-7-11-19(14-16)22(18-9-5-4-6-10-18)24-29(26,27)20-13-12-17(2)21(15-20)23(25)28-3/h4-15,22,24H,1-3H3. The van der Waals surface area contributed by atoms with Gasteiger partial charge in [-0.1, -0.05) is 66.2 Å². The Hall–Kier alpha value is -2.96. The lowest BCUT2D eigenvalue weighted by Gasteiger charge is -2.21. The number of sulfonamides is 1. The third-order valence-corrected chi connectivity index (χ3v) is 6.13. The molecule has 0 aliphatic carbocycles. The van der Waals surface area contributed by atoms with Crippen LogP contribution in [0.3, 0.4) is 0 Å². The molecule has 6 heteroatoms. The summed E-state index contributed by atoms with van der Waals surface area (Å²) in [6.07, 6.45) is 0. The largest absolute Gasteiger partial charge is 0.465 e. The molecule has 3 rings (SSSR count). The van der Waals surface area contributed by atoms with Crippen molar-refractivity contribution in [3.8, 4) is 0 Å². The SMILES string of the molecule is COC(=O)c1cc(S(=O)(=O)NC(c2ccccc2)c2cccc(C)c2)ccc1C. The second-order valence-electron chi connectivity index (χ2n) is 6.85. The molecule has 0 saturated heterocycles. The summed E-state index contributed by atoms with van der Waals surface area (Å²) in [5.41, 5.74) is 3.56. The van der Waals surface area contributed by atoms with Gasteiger partial charge >= 0.3 is 5.97 Å². The maximum atomic E-state index is 13.2. The van der Waals surface area contributed by atoms with Gasteiger partial charge in [0.25, 0.3) is 0 Å². The van der Waals surface area contributed by atoms with Crippen LogP contribution in [0.4, 0.5) is 0 Å². The zero-order chi connectivity index (χ0) is 21.0. The molecule has 1 N–H and O–H groups in total. The molecule has 1 unspecified atom stereocenters. The molecule has 0 fully saturated rings. The molecular weight excluding hydrogens is 386 g/mol. The fraction of sp³-hybridized carbons (Fsp3) is 0.174. The van der Waals surface area contributed by atoms with E-state index in [1.807, 2.05) is 61.5 Å². The molecule has 0 aliphatic rings. The van der Waals surface area contributed by atoms with Crippen molar-refractivity contribution in [3.63, 3.8) is 0 Å². The molecule has 0 saturated carbocycles. The first-order valence-electron chi connectivity index (χ1n) is 9.14. The minimum absolute atomic E-state index is 0.0112. The number of carbonyl (C=O) groups is 1. The van der Waals surface area contributed by atoms with E-state index in [0.29, 0.717) is 5.56 Å². The summed E-state index contributed by atoms with van der Waals surface area (Å²) >= 11 is 0. The monoisotopic (exact) mass is 409 g/mol. The van der Waals surface area contributed by atoms with Crippen molar-refractivity contribution in [1.29, 1.82) is 0 Å². The number of carbonyl (C=O) groups excluding carboxylic acids is 1.